The number of thiophene rings is 1. The maximum absolute atomic E-state index is 4.57. The van der Waals surface area contributed by atoms with Gasteiger partial charge in [-0.2, -0.15) is 0 Å². The van der Waals surface area contributed by atoms with Crippen LogP contribution in [0.1, 0.15) is 35.5 Å². The van der Waals surface area contributed by atoms with E-state index in [0.29, 0.717) is 0 Å². The summed E-state index contributed by atoms with van der Waals surface area (Å²) in [5, 5.41) is 5.74. The number of rotatable bonds is 6. The Bertz CT molecular complexity index is 524. The minimum absolute atomic E-state index is 0.288. The predicted octanol–water partition coefficient (Wildman–Crippen LogP) is 4.50. The summed E-state index contributed by atoms with van der Waals surface area (Å²) in [4.78, 5) is 5.94. The molecule has 0 aromatic carbocycles. The van der Waals surface area contributed by atoms with Gasteiger partial charge in [0.25, 0.3) is 0 Å². The largest absolute Gasteiger partial charge is 0.308 e. The highest BCUT2D eigenvalue weighted by Crippen LogP contribution is 2.28. The van der Waals surface area contributed by atoms with E-state index in [1.165, 1.54) is 14.9 Å². The highest BCUT2D eigenvalue weighted by atomic mass is 79.9. The lowest BCUT2D eigenvalue weighted by atomic mass is 10.0. The fourth-order valence-electron chi connectivity index (χ4n) is 2.10. The summed E-state index contributed by atoms with van der Waals surface area (Å²) in [6, 6.07) is 6.53. The molecule has 0 bridgehead atoms. The zero-order valence-electron chi connectivity index (χ0n) is 11.3. The topological polar surface area (TPSA) is 24.9 Å². The Morgan fingerprint density at radius 1 is 1.42 bits per heavy atom. The van der Waals surface area contributed by atoms with E-state index in [1.807, 2.05) is 12.3 Å². The molecule has 0 aliphatic rings. The Labute approximate surface area is 127 Å². The second kappa shape index (κ2) is 7.17. The van der Waals surface area contributed by atoms with E-state index in [2.05, 4.69) is 57.6 Å². The van der Waals surface area contributed by atoms with Crippen molar-refractivity contribution in [2.24, 2.45) is 0 Å². The van der Waals surface area contributed by atoms with Crippen LogP contribution in [0.5, 0.6) is 0 Å². The van der Waals surface area contributed by atoms with Crippen LogP contribution in [0.15, 0.2) is 34.2 Å². The van der Waals surface area contributed by atoms with Crippen molar-refractivity contribution in [1.82, 2.24) is 10.3 Å². The molecular weight excluding hydrogens is 320 g/mol. The van der Waals surface area contributed by atoms with Gasteiger partial charge in [-0.25, -0.2) is 0 Å². The van der Waals surface area contributed by atoms with E-state index < -0.39 is 0 Å². The van der Waals surface area contributed by atoms with Gasteiger partial charge in [-0.05, 0) is 58.9 Å². The Hall–Kier alpha value is -0.710. The molecule has 0 amide bonds. The van der Waals surface area contributed by atoms with Gasteiger partial charge in [-0.15, -0.1) is 11.3 Å². The van der Waals surface area contributed by atoms with Crippen LogP contribution < -0.4 is 5.32 Å². The summed E-state index contributed by atoms with van der Waals surface area (Å²) in [5.74, 6) is 0. The molecule has 2 aromatic rings. The highest BCUT2D eigenvalue weighted by Gasteiger charge is 2.17. The van der Waals surface area contributed by atoms with Crippen LogP contribution in [-0.2, 0) is 6.42 Å². The van der Waals surface area contributed by atoms with Crippen molar-refractivity contribution < 1.29 is 0 Å². The maximum atomic E-state index is 4.57. The van der Waals surface area contributed by atoms with Gasteiger partial charge >= 0.3 is 0 Å². The molecule has 0 spiro atoms. The lowest BCUT2D eigenvalue weighted by Crippen LogP contribution is -2.25. The third-order valence-corrected chi connectivity index (χ3v) is 5.05. The lowest BCUT2D eigenvalue weighted by molar-refractivity contribution is 0.517. The Balaban J connectivity index is 2.21. The normalized spacial score (nSPS) is 12.6. The molecule has 0 aliphatic heterocycles. The molecule has 1 atom stereocenters. The van der Waals surface area contributed by atoms with Gasteiger partial charge in [0, 0.05) is 22.0 Å². The van der Waals surface area contributed by atoms with Crippen LogP contribution in [0.2, 0.25) is 0 Å². The average molecular weight is 339 g/mol. The SMILES string of the molecule is CCCNC(Cc1sccc1Br)c1ncccc1C. The van der Waals surface area contributed by atoms with E-state index in [4.69, 9.17) is 0 Å². The first-order valence-electron chi connectivity index (χ1n) is 6.59. The highest BCUT2D eigenvalue weighted by molar-refractivity contribution is 9.10. The fourth-order valence-corrected chi connectivity index (χ4v) is 3.66. The van der Waals surface area contributed by atoms with Crippen LogP contribution in [0.25, 0.3) is 0 Å². The minimum atomic E-state index is 0.288. The second-order valence-corrected chi connectivity index (χ2v) is 6.46. The van der Waals surface area contributed by atoms with Gasteiger partial charge in [0.1, 0.15) is 0 Å². The van der Waals surface area contributed by atoms with E-state index in [1.54, 1.807) is 11.3 Å². The molecule has 102 valence electrons. The van der Waals surface area contributed by atoms with Gasteiger partial charge < -0.3 is 5.32 Å². The molecule has 1 unspecified atom stereocenters. The van der Waals surface area contributed by atoms with E-state index in [9.17, 15) is 0 Å². The van der Waals surface area contributed by atoms with Crippen LogP contribution in [0.4, 0.5) is 0 Å². The number of aromatic nitrogens is 1. The summed E-state index contributed by atoms with van der Waals surface area (Å²) < 4.78 is 1.20. The third-order valence-electron chi connectivity index (χ3n) is 3.10. The van der Waals surface area contributed by atoms with Crippen LogP contribution in [0, 0.1) is 6.92 Å². The van der Waals surface area contributed by atoms with Crippen molar-refractivity contribution in [3.05, 3.63) is 50.4 Å². The molecule has 0 saturated heterocycles. The van der Waals surface area contributed by atoms with Gasteiger partial charge in [-0.3, -0.25) is 4.98 Å². The molecule has 2 heterocycles. The molecule has 0 aliphatic carbocycles. The zero-order valence-corrected chi connectivity index (χ0v) is 13.7. The number of hydrogen-bond donors (Lipinski definition) is 1. The number of pyridine rings is 1. The van der Waals surface area contributed by atoms with Gasteiger partial charge in [0.2, 0.25) is 0 Å². The molecule has 19 heavy (non-hydrogen) atoms. The number of halogens is 1. The molecule has 0 saturated carbocycles. The average Bonchev–Trinajstić information content (AvgIpc) is 2.81. The Kier molecular flexibility index (Phi) is 5.55. The quantitative estimate of drug-likeness (QED) is 0.838. The first kappa shape index (κ1) is 14.7. The van der Waals surface area contributed by atoms with Crippen molar-refractivity contribution in [2.45, 2.75) is 32.7 Å². The van der Waals surface area contributed by atoms with Crippen LogP contribution in [0.3, 0.4) is 0 Å². The van der Waals surface area contributed by atoms with Gasteiger partial charge in [0.15, 0.2) is 0 Å². The van der Waals surface area contributed by atoms with Crippen LogP contribution in [-0.4, -0.2) is 11.5 Å². The summed E-state index contributed by atoms with van der Waals surface area (Å²) >= 11 is 5.41. The molecule has 2 nitrogen and oxygen atoms in total. The summed E-state index contributed by atoms with van der Waals surface area (Å²) in [5.41, 5.74) is 2.42. The summed E-state index contributed by atoms with van der Waals surface area (Å²) in [6.45, 7) is 5.34. The molecule has 2 aromatic heterocycles. The first-order chi connectivity index (χ1) is 9.22. The molecule has 4 heteroatoms. The molecule has 0 radical (unpaired) electrons. The molecular formula is C15H19BrN2S. The number of nitrogens with zero attached hydrogens (tertiary/aromatic N) is 1. The summed E-state index contributed by atoms with van der Waals surface area (Å²) in [7, 11) is 0. The van der Waals surface area contributed by atoms with E-state index in [-0.39, 0.29) is 6.04 Å². The standard InChI is InChI=1S/C15H19BrN2S/c1-3-7-17-13(10-14-12(16)6-9-19-14)15-11(2)5-4-8-18-15/h4-6,8-9,13,17H,3,7,10H2,1-2H3. The van der Waals surface area contributed by atoms with Gasteiger partial charge in [0.05, 0.1) is 11.7 Å². The molecule has 1 N–H and O–H groups in total. The minimum Gasteiger partial charge on any atom is -0.308 e. The first-order valence-corrected chi connectivity index (χ1v) is 8.26. The summed E-state index contributed by atoms with van der Waals surface area (Å²) in [6.07, 6.45) is 4.00. The fraction of sp³-hybridized carbons (Fsp3) is 0.400. The number of aryl methyl sites for hydroxylation is 1. The zero-order chi connectivity index (χ0) is 13.7. The molecule has 2 rings (SSSR count). The second-order valence-electron chi connectivity index (χ2n) is 4.61. The Morgan fingerprint density at radius 3 is 2.89 bits per heavy atom. The van der Waals surface area contributed by atoms with E-state index in [0.717, 1.165) is 25.1 Å². The lowest BCUT2D eigenvalue weighted by Gasteiger charge is -2.19. The van der Waals surface area contributed by atoms with Crippen molar-refractivity contribution in [3.63, 3.8) is 0 Å². The maximum Gasteiger partial charge on any atom is 0.0605 e. The number of nitrogens with one attached hydrogen (secondary N) is 1. The van der Waals surface area contributed by atoms with Gasteiger partial charge in [-0.1, -0.05) is 13.0 Å². The third kappa shape index (κ3) is 3.88. The predicted molar refractivity (Wildman–Crippen MR) is 85.7 cm³/mol. The van der Waals surface area contributed by atoms with Crippen molar-refractivity contribution in [2.75, 3.05) is 6.54 Å². The van der Waals surface area contributed by atoms with Crippen molar-refractivity contribution in [3.8, 4) is 0 Å². The smallest absolute Gasteiger partial charge is 0.0605 e. The number of hydrogen-bond acceptors (Lipinski definition) is 3. The van der Waals surface area contributed by atoms with Crippen molar-refractivity contribution >= 4 is 27.3 Å². The molecule has 0 fully saturated rings. The van der Waals surface area contributed by atoms with Crippen molar-refractivity contribution in [1.29, 1.82) is 0 Å². The Morgan fingerprint density at radius 2 is 2.26 bits per heavy atom. The van der Waals surface area contributed by atoms with Crippen LogP contribution >= 0.6 is 27.3 Å². The van der Waals surface area contributed by atoms with E-state index >= 15 is 0 Å². The monoisotopic (exact) mass is 338 g/mol.